The average Bonchev–Trinajstić information content (AvgIpc) is 2.91. The molecule has 4 heteroatoms. The van der Waals surface area contributed by atoms with E-state index >= 15 is 0 Å². The van der Waals surface area contributed by atoms with E-state index in [1.807, 2.05) is 6.92 Å². The summed E-state index contributed by atoms with van der Waals surface area (Å²) in [4.78, 5) is 26.6. The van der Waals surface area contributed by atoms with Crippen molar-refractivity contribution >= 4 is 11.8 Å². The fraction of sp³-hybridized carbons (Fsp3) is 0.364. The fourth-order valence-electron chi connectivity index (χ4n) is 4.03. The van der Waals surface area contributed by atoms with Crippen molar-refractivity contribution in [2.45, 2.75) is 44.8 Å². The lowest BCUT2D eigenvalue weighted by Crippen LogP contribution is -2.54. The summed E-state index contributed by atoms with van der Waals surface area (Å²) in [5.41, 5.74) is 3.12. The molecule has 0 aromatic heterocycles. The van der Waals surface area contributed by atoms with Crippen molar-refractivity contribution in [3.63, 3.8) is 0 Å². The van der Waals surface area contributed by atoms with E-state index in [2.05, 4.69) is 24.3 Å². The van der Waals surface area contributed by atoms with Crippen LogP contribution in [0.4, 0.5) is 0 Å². The Hall–Kier alpha value is -2.46. The Kier molecular flexibility index (Phi) is 4.37. The van der Waals surface area contributed by atoms with Crippen LogP contribution in [0.5, 0.6) is 0 Å². The van der Waals surface area contributed by atoms with Crippen molar-refractivity contribution in [1.82, 2.24) is 4.90 Å². The van der Waals surface area contributed by atoms with E-state index in [1.165, 1.54) is 16.0 Å². The second-order valence-corrected chi connectivity index (χ2v) is 7.01. The third kappa shape index (κ3) is 2.65. The third-order valence-corrected chi connectivity index (χ3v) is 5.47. The van der Waals surface area contributed by atoms with Crippen molar-refractivity contribution in [2.75, 3.05) is 6.61 Å². The topological polar surface area (TPSA) is 46.6 Å². The Morgan fingerprint density at radius 3 is 1.73 bits per heavy atom. The van der Waals surface area contributed by atoms with E-state index in [9.17, 15) is 9.59 Å². The highest BCUT2D eigenvalue weighted by Crippen LogP contribution is 2.39. The molecule has 4 aliphatic rings. The number of fused-ring (bicyclic) bond motifs is 2. The van der Waals surface area contributed by atoms with Crippen LogP contribution in [-0.2, 0) is 4.74 Å². The largest absolute Gasteiger partial charge is 0.355 e. The maximum atomic E-state index is 12.6. The zero-order chi connectivity index (χ0) is 18.1. The minimum absolute atomic E-state index is 0.207. The third-order valence-electron chi connectivity index (χ3n) is 5.47. The number of ether oxygens (including phenoxy) is 1. The van der Waals surface area contributed by atoms with E-state index in [0.717, 1.165) is 32.1 Å². The predicted molar refractivity (Wildman–Crippen MR) is 99.8 cm³/mol. The zero-order valence-electron chi connectivity index (χ0n) is 15.0. The van der Waals surface area contributed by atoms with Gasteiger partial charge in [0.05, 0.1) is 11.1 Å². The molecule has 1 aromatic carbocycles. The predicted octanol–water partition coefficient (Wildman–Crippen LogP) is 4.65. The van der Waals surface area contributed by atoms with Gasteiger partial charge in [0.15, 0.2) is 5.72 Å². The molecule has 4 nitrogen and oxygen atoms in total. The lowest BCUT2D eigenvalue weighted by atomic mass is 9.90. The molecule has 0 unspecified atom stereocenters. The van der Waals surface area contributed by atoms with Crippen LogP contribution in [0, 0.1) is 0 Å². The second kappa shape index (κ2) is 6.69. The van der Waals surface area contributed by atoms with Crippen LogP contribution >= 0.6 is 0 Å². The highest BCUT2D eigenvalue weighted by atomic mass is 16.5. The Morgan fingerprint density at radius 2 is 1.35 bits per heavy atom. The van der Waals surface area contributed by atoms with Crippen molar-refractivity contribution in [3.8, 4) is 11.1 Å². The van der Waals surface area contributed by atoms with Crippen LogP contribution in [0.15, 0.2) is 48.5 Å². The smallest absolute Gasteiger partial charge is 0.263 e. The molecule has 134 valence electrons. The normalized spacial score (nSPS) is 18.9. The summed E-state index contributed by atoms with van der Waals surface area (Å²) >= 11 is 0. The van der Waals surface area contributed by atoms with E-state index in [4.69, 9.17) is 4.74 Å². The Morgan fingerprint density at radius 1 is 0.846 bits per heavy atom. The first-order chi connectivity index (χ1) is 12.7. The van der Waals surface area contributed by atoms with Gasteiger partial charge in [0.2, 0.25) is 0 Å². The van der Waals surface area contributed by atoms with Gasteiger partial charge >= 0.3 is 0 Å². The van der Waals surface area contributed by atoms with Gasteiger partial charge in [-0.05, 0) is 55.9 Å². The number of imide groups is 1. The van der Waals surface area contributed by atoms with Crippen LogP contribution in [0.2, 0.25) is 0 Å². The molecule has 1 heterocycles. The second-order valence-electron chi connectivity index (χ2n) is 7.01. The number of rotatable bonds is 3. The molecule has 0 radical (unpaired) electrons. The monoisotopic (exact) mass is 349 g/mol. The van der Waals surface area contributed by atoms with Crippen LogP contribution in [-0.4, -0.2) is 29.0 Å². The summed E-state index contributed by atoms with van der Waals surface area (Å²) in [5.74, 6) is -0.415. The van der Waals surface area contributed by atoms with Gasteiger partial charge in [0.1, 0.15) is 0 Å². The van der Waals surface area contributed by atoms with E-state index < -0.39 is 5.72 Å². The molecule has 0 atom stereocenters. The number of hydrogen-bond acceptors (Lipinski definition) is 3. The molecule has 1 saturated carbocycles. The number of carbonyl (C=O) groups is 2. The van der Waals surface area contributed by atoms with Crippen molar-refractivity contribution in [2.24, 2.45) is 0 Å². The van der Waals surface area contributed by atoms with Gasteiger partial charge < -0.3 is 4.74 Å². The first kappa shape index (κ1) is 17.0. The van der Waals surface area contributed by atoms with Crippen molar-refractivity contribution < 1.29 is 14.3 Å². The number of carbonyl (C=O) groups excluding carboxylic acids is 2. The van der Waals surface area contributed by atoms with Gasteiger partial charge in [-0.3, -0.25) is 9.59 Å². The first-order valence-electron chi connectivity index (χ1n) is 9.38. The molecule has 0 spiro atoms. The molecule has 1 aromatic rings. The van der Waals surface area contributed by atoms with Gasteiger partial charge in [-0.25, -0.2) is 4.90 Å². The van der Waals surface area contributed by atoms with Gasteiger partial charge in [0, 0.05) is 6.61 Å². The Balaban J connectivity index is 0.000000233. The molecular formula is C22H23NO3. The van der Waals surface area contributed by atoms with Crippen molar-refractivity contribution in [3.05, 3.63) is 59.7 Å². The quantitative estimate of drug-likeness (QED) is 0.647. The van der Waals surface area contributed by atoms with Crippen LogP contribution < -0.4 is 0 Å². The molecule has 26 heavy (non-hydrogen) atoms. The Labute approximate surface area is 153 Å². The Bertz CT molecular complexity index is 773. The number of nitrogens with zero attached hydrogens (tertiary/aromatic N) is 1. The zero-order valence-corrected chi connectivity index (χ0v) is 15.0. The first-order valence-corrected chi connectivity index (χ1v) is 9.38. The summed E-state index contributed by atoms with van der Waals surface area (Å²) in [6.07, 6.45) is 4.61. The number of hydrogen-bond donors (Lipinski definition) is 0. The summed E-state index contributed by atoms with van der Waals surface area (Å²) in [6.45, 7) is 2.42. The van der Waals surface area contributed by atoms with Crippen LogP contribution in [0.1, 0.15) is 59.7 Å². The maximum Gasteiger partial charge on any atom is 0.263 e. The fourth-order valence-corrected chi connectivity index (χ4v) is 4.03. The average molecular weight is 349 g/mol. The molecule has 3 aliphatic carbocycles. The molecule has 1 fully saturated rings. The van der Waals surface area contributed by atoms with E-state index in [0.29, 0.717) is 17.7 Å². The molecule has 5 rings (SSSR count). The van der Waals surface area contributed by atoms with Crippen LogP contribution in [0.3, 0.4) is 0 Å². The maximum absolute atomic E-state index is 12.6. The summed E-state index contributed by atoms with van der Waals surface area (Å²) in [5, 5.41) is 0. The molecule has 0 bridgehead atoms. The lowest BCUT2D eigenvalue weighted by Gasteiger charge is -2.42. The van der Waals surface area contributed by atoms with Crippen molar-refractivity contribution in [1.29, 1.82) is 0 Å². The van der Waals surface area contributed by atoms with Crippen LogP contribution in [0.25, 0.3) is 11.1 Å². The van der Waals surface area contributed by atoms with Gasteiger partial charge in [-0.2, -0.15) is 0 Å². The van der Waals surface area contributed by atoms with E-state index in [-0.39, 0.29) is 11.8 Å². The summed E-state index contributed by atoms with van der Waals surface area (Å²) in [7, 11) is 0. The SMILES string of the molecule is CCOC1(N2C(=O)c3ccccc3C2=O)CCCCC1.c1cc2ccc1-2. The molecular weight excluding hydrogens is 326 g/mol. The minimum Gasteiger partial charge on any atom is -0.355 e. The number of amides is 2. The lowest BCUT2D eigenvalue weighted by molar-refractivity contribution is -0.136. The summed E-state index contributed by atoms with van der Waals surface area (Å²) in [6, 6.07) is 15.5. The highest BCUT2D eigenvalue weighted by Gasteiger charge is 2.49. The van der Waals surface area contributed by atoms with Gasteiger partial charge in [-0.15, -0.1) is 0 Å². The molecule has 0 N–H and O–H groups in total. The number of benzene rings is 2. The highest BCUT2D eigenvalue weighted by molar-refractivity contribution is 6.21. The van der Waals surface area contributed by atoms with Gasteiger partial charge in [0.25, 0.3) is 11.8 Å². The standard InChI is InChI=1S/C16H19NO3.C6H4/c1-2-20-16(10-6-3-7-11-16)17-14(18)12-8-4-5-9-13(12)15(17)19;1-2-6-4-3-5(1)6/h4-5,8-9H,2-3,6-7,10-11H2,1H3;1-4H. The molecule has 2 amide bonds. The molecule has 0 saturated heterocycles. The van der Waals surface area contributed by atoms with Gasteiger partial charge in [-0.1, -0.05) is 42.8 Å². The van der Waals surface area contributed by atoms with E-state index in [1.54, 1.807) is 24.3 Å². The molecule has 1 aliphatic heterocycles. The summed E-state index contributed by atoms with van der Waals surface area (Å²) < 4.78 is 5.91. The minimum atomic E-state index is -0.736.